The maximum absolute atomic E-state index is 3.94. The van der Waals surface area contributed by atoms with Gasteiger partial charge in [-0.1, -0.05) is 24.3 Å². The number of rotatable bonds is 4. The van der Waals surface area contributed by atoms with Gasteiger partial charge in [-0.25, -0.2) is 0 Å². The van der Waals surface area contributed by atoms with Gasteiger partial charge in [0.2, 0.25) is 0 Å². The SMILES string of the molecule is C=CC[C@@H](c1c(C)cccc1C)N1CCNCC1.Cl.Cl. The second-order valence-electron chi connectivity index (χ2n) is 5.13. The van der Waals surface area contributed by atoms with E-state index < -0.39 is 0 Å². The zero-order valence-corrected chi connectivity index (χ0v) is 14.0. The molecule has 2 rings (SSSR count). The molecule has 0 saturated carbocycles. The summed E-state index contributed by atoms with van der Waals surface area (Å²) >= 11 is 0. The molecule has 0 aliphatic carbocycles. The first-order chi connectivity index (χ1) is 8.74. The number of nitrogens with zero attached hydrogens (tertiary/aromatic N) is 1. The maximum atomic E-state index is 3.94. The summed E-state index contributed by atoms with van der Waals surface area (Å²) in [5.41, 5.74) is 4.31. The maximum Gasteiger partial charge on any atom is 0.0388 e. The number of piperazine rings is 1. The highest BCUT2D eigenvalue weighted by Crippen LogP contribution is 2.30. The topological polar surface area (TPSA) is 15.3 Å². The molecular formula is C16H26Cl2N2. The fraction of sp³-hybridized carbons (Fsp3) is 0.500. The van der Waals surface area contributed by atoms with E-state index in [1.807, 2.05) is 0 Å². The Morgan fingerprint density at radius 2 is 1.75 bits per heavy atom. The Kier molecular flexibility index (Phi) is 9.15. The van der Waals surface area contributed by atoms with Crippen LogP contribution in [0.15, 0.2) is 30.9 Å². The molecule has 1 heterocycles. The monoisotopic (exact) mass is 316 g/mol. The van der Waals surface area contributed by atoms with E-state index in [1.165, 1.54) is 16.7 Å². The molecule has 4 heteroatoms. The molecule has 1 aliphatic rings. The number of aryl methyl sites for hydroxylation is 2. The first-order valence-corrected chi connectivity index (χ1v) is 6.86. The summed E-state index contributed by atoms with van der Waals surface area (Å²) in [5.74, 6) is 0. The summed E-state index contributed by atoms with van der Waals surface area (Å²) in [6.07, 6.45) is 3.09. The van der Waals surface area contributed by atoms with Gasteiger partial charge >= 0.3 is 0 Å². The average Bonchev–Trinajstić information content (AvgIpc) is 2.38. The van der Waals surface area contributed by atoms with Crippen LogP contribution >= 0.6 is 24.8 Å². The van der Waals surface area contributed by atoms with Crippen molar-refractivity contribution in [3.05, 3.63) is 47.5 Å². The molecule has 0 radical (unpaired) electrons. The molecule has 0 aromatic heterocycles. The average molecular weight is 317 g/mol. The highest BCUT2D eigenvalue weighted by molar-refractivity contribution is 5.85. The van der Waals surface area contributed by atoms with Crippen molar-refractivity contribution in [1.82, 2.24) is 10.2 Å². The molecular weight excluding hydrogens is 291 g/mol. The van der Waals surface area contributed by atoms with E-state index in [0.717, 1.165) is 32.6 Å². The van der Waals surface area contributed by atoms with E-state index in [4.69, 9.17) is 0 Å². The summed E-state index contributed by atoms with van der Waals surface area (Å²) in [6, 6.07) is 7.09. The summed E-state index contributed by atoms with van der Waals surface area (Å²) < 4.78 is 0. The lowest BCUT2D eigenvalue weighted by atomic mass is 9.92. The number of halogens is 2. The van der Waals surface area contributed by atoms with Gasteiger partial charge in [-0.2, -0.15) is 0 Å². The third-order valence-corrected chi connectivity index (χ3v) is 3.86. The fourth-order valence-corrected chi connectivity index (χ4v) is 2.95. The van der Waals surface area contributed by atoms with Gasteiger partial charge in [-0.05, 0) is 37.0 Å². The predicted octanol–water partition coefficient (Wildman–Crippen LogP) is 3.67. The molecule has 1 atom stereocenters. The zero-order chi connectivity index (χ0) is 13.0. The Hall–Kier alpha value is -0.540. The van der Waals surface area contributed by atoms with Gasteiger partial charge in [-0.15, -0.1) is 31.4 Å². The normalized spacial score (nSPS) is 16.7. The van der Waals surface area contributed by atoms with Crippen LogP contribution in [0.25, 0.3) is 0 Å². The van der Waals surface area contributed by atoms with Crippen molar-refractivity contribution in [2.24, 2.45) is 0 Å². The van der Waals surface area contributed by atoms with Gasteiger partial charge in [0.25, 0.3) is 0 Å². The third kappa shape index (κ3) is 4.49. The van der Waals surface area contributed by atoms with Crippen molar-refractivity contribution < 1.29 is 0 Å². The minimum atomic E-state index is 0. The van der Waals surface area contributed by atoms with E-state index in [-0.39, 0.29) is 24.8 Å². The van der Waals surface area contributed by atoms with E-state index in [1.54, 1.807) is 0 Å². The molecule has 0 bridgehead atoms. The van der Waals surface area contributed by atoms with Gasteiger partial charge in [0, 0.05) is 32.2 Å². The third-order valence-electron chi connectivity index (χ3n) is 3.86. The Morgan fingerprint density at radius 1 is 1.20 bits per heavy atom. The fourth-order valence-electron chi connectivity index (χ4n) is 2.95. The van der Waals surface area contributed by atoms with Gasteiger partial charge in [0.1, 0.15) is 0 Å². The molecule has 1 aromatic carbocycles. The van der Waals surface area contributed by atoms with E-state index in [9.17, 15) is 0 Å². The second kappa shape index (κ2) is 9.41. The van der Waals surface area contributed by atoms with Crippen LogP contribution in [0.4, 0.5) is 0 Å². The highest BCUT2D eigenvalue weighted by atomic mass is 35.5. The van der Waals surface area contributed by atoms with E-state index >= 15 is 0 Å². The van der Waals surface area contributed by atoms with Crippen molar-refractivity contribution in [2.75, 3.05) is 26.2 Å². The molecule has 1 N–H and O–H groups in total. The van der Waals surface area contributed by atoms with Gasteiger partial charge in [0.15, 0.2) is 0 Å². The Morgan fingerprint density at radius 3 is 2.25 bits per heavy atom. The molecule has 1 aliphatic heterocycles. The lowest BCUT2D eigenvalue weighted by Crippen LogP contribution is -2.45. The first-order valence-electron chi connectivity index (χ1n) is 6.86. The highest BCUT2D eigenvalue weighted by Gasteiger charge is 2.23. The van der Waals surface area contributed by atoms with Crippen LogP contribution in [0.1, 0.15) is 29.2 Å². The largest absolute Gasteiger partial charge is 0.314 e. The van der Waals surface area contributed by atoms with Crippen LogP contribution < -0.4 is 5.32 Å². The van der Waals surface area contributed by atoms with Crippen molar-refractivity contribution in [3.8, 4) is 0 Å². The van der Waals surface area contributed by atoms with Crippen LogP contribution in [-0.4, -0.2) is 31.1 Å². The molecule has 0 spiro atoms. The van der Waals surface area contributed by atoms with Crippen LogP contribution in [0, 0.1) is 13.8 Å². The van der Waals surface area contributed by atoms with Crippen LogP contribution in [0.2, 0.25) is 0 Å². The lowest BCUT2D eigenvalue weighted by Gasteiger charge is -2.36. The van der Waals surface area contributed by atoms with Gasteiger partial charge in [0.05, 0.1) is 0 Å². The van der Waals surface area contributed by atoms with Gasteiger partial charge < -0.3 is 5.32 Å². The molecule has 0 unspecified atom stereocenters. The molecule has 0 amide bonds. The van der Waals surface area contributed by atoms with Crippen molar-refractivity contribution in [2.45, 2.75) is 26.3 Å². The Bertz CT molecular complexity index is 395. The number of nitrogens with one attached hydrogen (secondary N) is 1. The molecule has 1 saturated heterocycles. The number of hydrogen-bond acceptors (Lipinski definition) is 2. The number of hydrogen-bond donors (Lipinski definition) is 1. The summed E-state index contributed by atoms with van der Waals surface area (Å²) in [4.78, 5) is 2.59. The van der Waals surface area contributed by atoms with Gasteiger partial charge in [-0.3, -0.25) is 4.90 Å². The molecule has 1 fully saturated rings. The van der Waals surface area contributed by atoms with E-state index in [0.29, 0.717) is 6.04 Å². The zero-order valence-electron chi connectivity index (χ0n) is 12.4. The summed E-state index contributed by atoms with van der Waals surface area (Å²) in [6.45, 7) is 12.8. The van der Waals surface area contributed by atoms with E-state index in [2.05, 4.69) is 54.9 Å². The molecule has 2 nitrogen and oxygen atoms in total. The summed E-state index contributed by atoms with van der Waals surface area (Å²) in [5, 5.41) is 3.42. The van der Waals surface area contributed by atoms with Crippen LogP contribution in [0.5, 0.6) is 0 Å². The van der Waals surface area contributed by atoms with Crippen molar-refractivity contribution in [1.29, 1.82) is 0 Å². The molecule has 114 valence electrons. The van der Waals surface area contributed by atoms with Crippen molar-refractivity contribution >= 4 is 24.8 Å². The number of benzene rings is 1. The standard InChI is InChI=1S/C16H24N2.2ClH/c1-4-6-15(18-11-9-17-10-12-18)16-13(2)7-5-8-14(16)3;;/h4-5,7-8,15,17H,1,6,9-12H2,2-3H3;2*1H/t15-;;/m0../s1. The Balaban J connectivity index is 0.00000180. The smallest absolute Gasteiger partial charge is 0.0388 e. The minimum Gasteiger partial charge on any atom is -0.314 e. The minimum absolute atomic E-state index is 0. The molecule has 20 heavy (non-hydrogen) atoms. The first kappa shape index (κ1) is 19.5. The molecule has 1 aromatic rings. The van der Waals surface area contributed by atoms with Crippen LogP contribution in [0.3, 0.4) is 0 Å². The predicted molar refractivity (Wildman–Crippen MR) is 92.4 cm³/mol. The van der Waals surface area contributed by atoms with Crippen molar-refractivity contribution in [3.63, 3.8) is 0 Å². The summed E-state index contributed by atoms with van der Waals surface area (Å²) in [7, 11) is 0. The Labute approximate surface area is 135 Å². The van der Waals surface area contributed by atoms with Crippen LogP contribution in [-0.2, 0) is 0 Å². The quantitative estimate of drug-likeness (QED) is 0.853. The lowest BCUT2D eigenvalue weighted by molar-refractivity contribution is 0.173. The second-order valence-corrected chi connectivity index (χ2v) is 5.13.